The molecule has 1 unspecified atom stereocenters. The van der Waals surface area contributed by atoms with Crippen LogP contribution >= 0.6 is 0 Å². The molecule has 0 aliphatic rings. The molecule has 0 heterocycles. The van der Waals surface area contributed by atoms with Gasteiger partial charge in [0.1, 0.15) is 11.4 Å². The Labute approximate surface area is 95.4 Å². The van der Waals surface area contributed by atoms with Crippen LogP contribution in [0.25, 0.3) is 0 Å². The highest BCUT2D eigenvalue weighted by molar-refractivity contribution is 5.41. The van der Waals surface area contributed by atoms with Crippen LogP contribution in [0.2, 0.25) is 0 Å². The maximum absolute atomic E-state index is 8.73. The van der Waals surface area contributed by atoms with Gasteiger partial charge < -0.3 is 0 Å². The second-order valence-corrected chi connectivity index (χ2v) is 3.68. The zero-order valence-electron chi connectivity index (χ0n) is 9.14. The van der Waals surface area contributed by atoms with Crippen molar-refractivity contribution in [1.82, 2.24) is 0 Å². The van der Waals surface area contributed by atoms with E-state index in [1.165, 1.54) is 10.6 Å². The first-order valence-corrected chi connectivity index (χ1v) is 5.21. The number of para-hydroxylation sites is 1. The number of hydrogen-bond donors (Lipinski definition) is 1. The van der Waals surface area contributed by atoms with Gasteiger partial charge in [0.2, 0.25) is 0 Å². The van der Waals surface area contributed by atoms with Crippen LogP contribution in [0.4, 0.5) is 11.4 Å². The van der Waals surface area contributed by atoms with Gasteiger partial charge in [0.25, 0.3) is 0 Å². The molecule has 0 aliphatic carbocycles. The normalized spacial score (nSPS) is 11.8. The highest BCUT2D eigenvalue weighted by atomic mass is 15.1. The highest BCUT2D eigenvalue weighted by Gasteiger charge is 2.08. The van der Waals surface area contributed by atoms with Gasteiger partial charge in [-0.2, -0.15) is 5.26 Å². The van der Waals surface area contributed by atoms with Crippen LogP contribution in [0.3, 0.4) is 0 Å². The van der Waals surface area contributed by atoms with E-state index < -0.39 is 0 Å². The minimum atomic E-state index is 0.699. The predicted octanol–water partition coefficient (Wildman–Crippen LogP) is 2.04. The Balaban J connectivity index is 2.28. The van der Waals surface area contributed by atoms with Crippen molar-refractivity contribution in [2.75, 3.05) is 7.05 Å². The van der Waals surface area contributed by atoms with Crippen LogP contribution < -0.4 is 4.90 Å². The Morgan fingerprint density at radius 3 is 2.00 bits per heavy atom. The second kappa shape index (κ2) is 4.61. The van der Waals surface area contributed by atoms with Crippen LogP contribution in [0, 0.1) is 11.3 Å². The third-order valence-electron chi connectivity index (χ3n) is 2.65. The van der Waals surface area contributed by atoms with Crippen LogP contribution in [-0.4, -0.2) is 7.05 Å². The van der Waals surface area contributed by atoms with Crippen molar-refractivity contribution in [2.24, 2.45) is 0 Å². The molecule has 0 fully saturated rings. The summed E-state index contributed by atoms with van der Waals surface area (Å²) in [6.45, 7) is 0. The zero-order chi connectivity index (χ0) is 11.4. The molecule has 2 nitrogen and oxygen atoms in total. The lowest BCUT2D eigenvalue weighted by atomic mass is 10.2. The molecule has 0 aliphatic heterocycles. The van der Waals surface area contributed by atoms with Gasteiger partial charge in [-0.25, -0.2) is 0 Å². The molecule has 0 aromatic heterocycles. The average Bonchev–Trinajstić information content (AvgIpc) is 2.39. The second-order valence-electron chi connectivity index (χ2n) is 3.68. The molecule has 0 spiro atoms. The SMILES string of the molecule is C[NH+](c1ccccc1)c1ccc(C#N)cc1. The average molecular weight is 209 g/mol. The molecule has 1 N–H and O–H groups in total. The maximum atomic E-state index is 8.73. The molecule has 0 saturated heterocycles. The van der Waals surface area contributed by atoms with Gasteiger partial charge in [-0.1, -0.05) is 18.2 Å². The fraction of sp³-hybridized carbons (Fsp3) is 0.0714. The summed E-state index contributed by atoms with van der Waals surface area (Å²) in [5.41, 5.74) is 3.07. The Morgan fingerprint density at radius 2 is 1.44 bits per heavy atom. The summed E-state index contributed by atoms with van der Waals surface area (Å²) in [6, 6.07) is 20.0. The van der Waals surface area contributed by atoms with Crippen molar-refractivity contribution in [2.45, 2.75) is 0 Å². The van der Waals surface area contributed by atoms with Crippen LogP contribution in [0.15, 0.2) is 54.6 Å². The number of nitrogens with zero attached hydrogens (tertiary/aromatic N) is 1. The molecule has 0 bridgehead atoms. The molecule has 78 valence electrons. The smallest absolute Gasteiger partial charge is 0.136 e. The number of hydrogen-bond acceptors (Lipinski definition) is 1. The van der Waals surface area contributed by atoms with Gasteiger partial charge in [-0.05, 0) is 24.3 Å². The summed E-state index contributed by atoms with van der Waals surface area (Å²) in [7, 11) is 2.09. The van der Waals surface area contributed by atoms with E-state index in [-0.39, 0.29) is 0 Å². The third-order valence-corrected chi connectivity index (χ3v) is 2.65. The molecule has 2 heteroatoms. The molecular weight excluding hydrogens is 196 g/mol. The standard InChI is InChI=1S/C14H12N2/c1-16(13-5-3-2-4-6-13)14-9-7-12(11-15)8-10-14/h2-10H,1H3/p+1. The van der Waals surface area contributed by atoms with Gasteiger partial charge in [-0.3, -0.25) is 4.90 Å². The number of quaternary nitrogens is 1. The third kappa shape index (κ3) is 2.10. The quantitative estimate of drug-likeness (QED) is 0.805. The molecular formula is C14H13N2+. The molecule has 16 heavy (non-hydrogen) atoms. The summed E-state index contributed by atoms with van der Waals surface area (Å²) >= 11 is 0. The molecule has 1 atom stereocenters. The molecule has 2 aromatic rings. The van der Waals surface area contributed by atoms with Crippen molar-refractivity contribution in [3.63, 3.8) is 0 Å². The Morgan fingerprint density at radius 1 is 0.875 bits per heavy atom. The largest absolute Gasteiger partial charge is 0.273 e. The summed E-state index contributed by atoms with van der Waals surface area (Å²) in [4.78, 5) is 1.23. The summed E-state index contributed by atoms with van der Waals surface area (Å²) in [5.74, 6) is 0. The Hall–Kier alpha value is -2.11. The molecule has 0 amide bonds. The monoisotopic (exact) mass is 209 g/mol. The van der Waals surface area contributed by atoms with E-state index in [9.17, 15) is 0 Å². The zero-order valence-corrected chi connectivity index (χ0v) is 9.14. The van der Waals surface area contributed by atoms with E-state index in [4.69, 9.17) is 5.26 Å². The van der Waals surface area contributed by atoms with E-state index >= 15 is 0 Å². The minimum absolute atomic E-state index is 0.699. The summed E-state index contributed by atoms with van der Waals surface area (Å²) < 4.78 is 0. The van der Waals surface area contributed by atoms with Gasteiger partial charge >= 0.3 is 0 Å². The Bertz CT molecular complexity index is 495. The van der Waals surface area contributed by atoms with Crippen molar-refractivity contribution < 1.29 is 4.90 Å². The van der Waals surface area contributed by atoms with Crippen LogP contribution in [-0.2, 0) is 0 Å². The van der Waals surface area contributed by atoms with Crippen molar-refractivity contribution >= 4 is 11.4 Å². The van der Waals surface area contributed by atoms with E-state index in [1.807, 2.05) is 42.5 Å². The van der Waals surface area contributed by atoms with Gasteiger partial charge in [0, 0.05) is 12.1 Å². The van der Waals surface area contributed by atoms with E-state index in [1.54, 1.807) is 0 Å². The van der Waals surface area contributed by atoms with Crippen molar-refractivity contribution in [3.8, 4) is 6.07 Å². The topological polar surface area (TPSA) is 28.2 Å². The lowest BCUT2D eigenvalue weighted by Gasteiger charge is -2.12. The lowest BCUT2D eigenvalue weighted by Crippen LogP contribution is -2.98. The first kappa shape index (κ1) is 10.4. The van der Waals surface area contributed by atoms with Crippen LogP contribution in [0.1, 0.15) is 5.56 Å². The maximum Gasteiger partial charge on any atom is 0.136 e. The summed E-state index contributed by atoms with van der Waals surface area (Å²) in [5, 5.41) is 8.73. The first-order valence-electron chi connectivity index (χ1n) is 5.21. The molecule has 2 rings (SSSR count). The summed E-state index contributed by atoms with van der Waals surface area (Å²) in [6.07, 6.45) is 0. The van der Waals surface area contributed by atoms with Crippen molar-refractivity contribution in [3.05, 3.63) is 60.2 Å². The number of nitrogens with one attached hydrogen (secondary N) is 1. The molecule has 0 saturated carbocycles. The fourth-order valence-corrected chi connectivity index (χ4v) is 1.65. The minimum Gasteiger partial charge on any atom is -0.273 e. The van der Waals surface area contributed by atoms with Gasteiger partial charge in [-0.15, -0.1) is 0 Å². The van der Waals surface area contributed by atoms with Crippen molar-refractivity contribution in [1.29, 1.82) is 5.26 Å². The highest BCUT2D eigenvalue weighted by Crippen LogP contribution is 2.08. The van der Waals surface area contributed by atoms with Gasteiger partial charge in [0.15, 0.2) is 0 Å². The number of nitriles is 1. The van der Waals surface area contributed by atoms with E-state index in [0.29, 0.717) is 5.56 Å². The fourth-order valence-electron chi connectivity index (χ4n) is 1.65. The predicted molar refractivity (Wildman–Crippen MR) is 63.8 cm³/mol. The van der Waals surface area contributed by atoms with E-state index in [0.717, 1.165) is 5.69 Å². The van der Waals surface area contributed by atoms with Gasteiger partial charge in [0.05, 0.1) is 18.7 Å². The van der Waals surface area contributed by atoms with E-state index in [2.05, 4.69) is 25.2 Å². The molecule has 0 radical (unpaired) electrons. The van der Waals surface area contributed by atoms with Crippen LogP contribution in [0.5, 0.6) is 0 Å². The first-order chi connectivity index (χ1) is 7.81. The number of benzene rings is 2. The lowest BCUT2D eigenvalue weighted by molar-refractivity contribution is -0.735. The molecule has 2 aromatic carbocycles. The number of rotatable bonds is 2. The Kier molecular flexibility index (Phi) is 3.00.